The summed E-state index contributed by atoms with van der Waals surface area (Å²) in [7, 11) is 1.56. The van der Waals surface area contributed by atoms with E-state index < -0.39 is 12.0 Å². The zero-order chi connectivity index (χ0) is 28.4. The Morgan fingerprint density at radius 1 is 1.02 bits per heavy atom. The number of nitrogens with zero attached hydrogens (tertiary/aromatic N) is 3. The fraction of sp³-hybridized carbons (Fsp3) is 0.355. The molecular formula is C31H33N3O5S. The first-order valence-corrected chi connectivity index (χ1v) is 14.6. The maximum absolute atomic E-state index is 14.4. The summed E-state index contributed by atoms with van der Waals surface area (Å²) in [5.41, 5.74) is 3.11. The van der Waals surface area contributed by atoms with Crippen LogP contribution in [0.5, 0.6) is 5.75 Å². The van der Waals surface area contributed by atoms with Crippen LogP contribution in [0.4, 0.5) is 5.69 Å². The number of ether oxygens (including phenoxy) is 2. The van der Waals surface area contributed by atoms with Gasteiger partial charge in [-0.2, -0.15) is 0 Å². The van der Waals surface area contributed by atoms with Crippen molar-refractivity contribution in [3.05, 3.63) is 90.6 Å². The lowest BCUT2D eigenvalue weighted by Crippen LogP contribution is -2.41. The summed E-state index contributed by atoms with van der Waals surface area (Å²) in [4.78, 5) is 48.7. The zero-order valence-electron chi connectivity index (χ0n) is 23.2. The molecule has 208 valence electrons. The van der Waals surface area contributed by atoms with Gasteiger partial charge in [0.1, 0.15) is 16.3 Å². The maximum Gasteiger partial charge on any atom is 0.338 e. The fourth-order valence-corrected chi connectivity index (χ4v) is 6.51. The van der Waals surface area contributed by atoms with Gasteiger partial charge in [-0.05, 0) is 31.9 Å². The first kappa shape index (κ1) is 27.6. The van der Waals surface area contributed by atoms with Crippen molar-refractivity contribution in [2.45, 2.75) is 52.5 Å². The van der Waals surface area contributed by atoms with Gasteiger partial charge < -0.3 is 14.4 Å². The molecule has 0 radical (unpaired) electrons. The van der Waals surface area contributed by atoms with Gasteiger partial charge in [-0.1, -0.05) is 74.4 Å². The summed E-state index contributed by atoms with van der Waals surface area (Å²) in [6.45, 7) is 6.61. The molecule has 0 bridgehead atoms. The predicted molar refractivity (Wildman–Crippen MR) is 155 cm³/mol. The zero-order valence-corrected chi connectivity index (χ0v) is 24.0. The Morgan fingerprint density at radius 2 is 1.77 bits per heavy atom. The number of hydrogen-bond donors (Lipinski definition) is 0. The van der Waals surface area contributed by atoms with Gasteiger partial charge in [-0.25, -0.2) is 9.79 Å². The second-order valence-corrected chi connectivity index (χ2v) is 10.7. The number of carbonyl (C=O) groups is 2. The quantitative estimate of drug-likeness (QED) is 0.368. The third kappa shape index (κ3) is 4.58. The summed E-state index contributed by atoms with van der Waals surface area (Å²) >= 11 is 1.19. The minimum Gasteiger partial charge on any atom is -0.496 e. The van der Waals surface area contributed by atoms with Gasteiger partial charge in [-0.3, -0.25) is 14.2 Å². The molecule has 0 saturated heterocycles. The minimum atomic E-state index is -0.815. The monoisotopic (exact) mass is 559 g/mol. The molecule has 9 heteroatoms. The largest absolute Gasteiger partial charge is 0.496 e. The third-order valence-corrected chi connectivity index (χ3v) is 8.24. The van der Waals surface area contributed by atoms with Crippen molar-refractivity contribution in [1.82, 2.24) is 4.57 Å². The van der Waals surface area contributed by atoms with E-state index in [2.05, 4.69) is 6.92 Å². The Morgan fingerprint density at radius 3 is 2.50 bits per heavy atom. The Kier molecular flexibility index (Phi) is 8.02. The van der Waals surface area contributed by atoms with Crippen molar-refractivity contribution >= 4 is 34.5 Å². The van der Waals surface area contributed by atoms with Crippen LogP contribution < -0.4 is 24.5 Å². The van der Waals surface area contributed by atoms with Crippen LogP contribution in [-0.2, 0) is 14.3 Å². The van der Waals surface area contributed by atoms with Crippen LogP contribution in [0.2, 0.25) is 0 Å². The van der Waals surface area contributed by atoms with Crippen molar-refractivity contribution in [1.29, 1.82) is 0 Å². The molecule has 5 rings (SSSR count). The molecule has 2 aliphatic rings. The van der Waals surface area contributed by atoms with Crippen LogP contribution in [0.15, 0.2) is 69.6 Å². The molecular weight excluding hydrogens is 526 g/mol. The highest BCUT2D eigenvalue weighted by Gasteiger charge is 2.38. The topological polar surface area (TPSA) is 90.2 Å². The number of anilines is 1. The van der Waals surface area contributed by atoms with Crippen LogP contribution in [-0.4, -0.2) is 36.7 Å². The Bertz CT molecular complexity index is 1680. The number of esters is 1. The predicted octanol–water partition coefficient (Wildman–Crippen LogP) is 4.10. The first-order valence-electron chi connectivity index (χ1n) is 13.7. The number of amides is 1. The number of aromatic nitrogens is 1. The lowest BCUT2D eigenvalue weighted by atomic mass is 9.93. The number of fused-ring (bicyclic) bond motifs is 2. The Balaban J connectivity index is 1.84. The van der Waals surface area contributed by atoms with Gasteiger partial charge in [0.25, 0.3) is 11.5 Å². The molecule has 3 aromatic rings. The third-order valence-electron chi connectivity index (χ3n) is 7.19. The van der Waals surface area contributed by atoms with Crippen LogP contribution in [0.1, 0.15) is 63.6 Å². The van der Waals surface area contributed by atoms with Crippen molar-refractivity contribution < 1.29 is 19.1 Å². The molecule has 0 fully saturated rings. The van der Waals surface area contributed by atoms with Gasteiger partial charge in [0.05, 0.1) is 36.2 Å². The van der Waals surface area contributed by atoms with Gasteiger partial charge in [0.2, 0.25) is 0 Å². The maximum atomic E-state index is 14.4. The Hall–Kier alpha value is -3.98. The van der Waals surface area contributed by atoms with E-state index in [1.165, 1.54) is 15.9 Å². The molecule has 1 aromatic heterocycles. The number of benzene rings is 2. The summed E-state index contributed by atoms with van der Waals surface area (Å²) in [6.07, 6.45) is 3.08. The highest BCUT2D eigenvalue weighted by Crippen LogP contribution is 2.38. The van der Waals surface area contributed by atoms with Gasteiger partial charge in [-0.15, -0.1) is 0 Å². The standard InChI is InChI=1S/C31H33N3O5S/c1-5-8-18-33-22-16-11-9-14-19(22)24(28(33)35)27-29(36)34-26(20-15-10-12-17-23(20)38-4)25(30(37)39-7-3)21(13-6-2)32-31(34)40-27/h9-12,14-17,26H,5-8,13,18H2,1-4H3/b27-24+/t26-/m0/s1. The summed E-state index contributed by atoms with van der Waals surface area (Å²) in [5.74, 6) is -0.165. The van der Waals surface area contributed by atoms with E-state index in [0.29, 0.717) is 50.5 Å². The van der Waals surface area contributed by atoms with Crippen LogP contribution in [0.3, 0.4) is 0 Å². The average Bonchev–Trinajstić information content (AvgIpc) is 3.43. The normalized spacial score (nSPS) is 17.4. The summed E-state index contributed by atoms with van der Waals surface area (Å²) in [5, 5.41) is 0. The van der Waals surface area contributed by atoms with E-state index in [-0.39, 0.29) is 18.1 Å². The second-order valence-electron chi connectivity index (χ2n) is 9.68. The smallest absolute Gasteiger partial charge is 0.338 e. The number of rotatable bonds is 9. The molecule has 0 unspecified atom stereocenters. The summed E-state index contributed by atoms with van der Waals surface area (Å²) in [6, 6.07) is 14.1. The van der Waals surface area contributed by atoms with E-state index in [9.17, 15) is 14.4 Å². The number of para-hydroxylation sites is 2. The molecule has 0 saturated carbocycles. The van der Waals surface area contributed by atoms with Gasteiger partial charge in [0.15, 0.2) is 4.80 Å². The van der Waals surface area contributed by atoms with Crippen molar-refractivity contribution in [2.24, 2.45) is 4.99 Å². The van der Waals surface area contributed by atoms with Crippen molar-refractivity contribution in [2.75, 3.05) is 25.2 Å². The highest BCUT2D eigenvalue weighted by molar-refractivity contribution is 7.07. The second kappa shape index (κ2) is 11.6. The van der Waals surface area contributed by atoms with E-state index in [1.54, 1.807) is 25.0 Å². The van der Waals surface area contributed by atoms with Crippen LogP contribution in [0, 0.1) is 0 Å². The number of methoxy groups -OCH3 is 1. The molecule has 2 aliphatic heterocycles. The SMILES string of the molecule is CCCCN1C(=O)/C(=c2/sc3n(c2=O)[C@@H](c2ccccc2OC)C(C(=O)OCC)=C(CCC)N=3)c2ccccc21. The lowest BCUT2D eigenvalue weighted by Gasteiger charge is -2.26. The lowest BCUT2D eigenvalue weighted by molar-refractivity contribution is -0.139. The first-order chi connectivity index (χ1) is 19.5. The van der Waals surface area contributed by atoms with E-state index >= 15 is 0 Å². The number of carbonyl (C=O) groups excluding carboxylic acids is 2. The molecule has 1 atom stereocenters. The van der Waals surface area contributed by atoms with Crippen molar-refractivity contribution in [3.63, 3.8) is 0 Å². The number of hydrogen-bond acceptors (Lipinski definition) is 7. The molecule has 3 heterocycles. The van der Waals surface area contributed by atoms with Crippen molar-refractivity contribution in [3.8, 4) is 5.75 Å². The summed E-state index contributed by atoms with van der Waals surface area (Å²) < 4.78 is 13.0. The molecule has 40 heavy (non-hydrogen) atoms. The average molecular weight is 560 g/mol. The van der Waals surface area contributed by atoms with E-state index in [0.717, 1.165) is 30.5 Å². The molecule has 2 aromatic carbocycles. The van der Waals surface area contributed by atoms with Gasteiger partial charge >= 0.3 is 5.97 Å². The van der Waals surface area contributed by atoms with E-state index in [1.807, 2.05) is 49.4 Å². The minimum absolute atomic E-state index is 0.188. The van der Waals surface area contributed by atoms with Crippen LogP contribution >= 0.6 is 11.3 Å². The highest BCUT2D eigenvalue weighted by atomic mass is 32.1. The molecule has 1 amide bonds. The molecule has 0 N–H and O–H groups in total. The Labute approximate surface area is 236 Å². The van der Waals surface area contributed by atoms with E-state index in [4.69, 9.17) is 14.5 Å². The molecule has 0 aliphatic carbocycles. The molecule has 8 nitrogen and oxygen atoms in total. The molecule has 0 spiro atoms. The number of allylic oxidation sites excluding steroid dienone is 1. The number of thiazole rings is 1. The van der Waals surface area contributed by atoms with Gasteiger partial charge in [0, 0.05) is 17.7 Å². The number of unbranched alkanes of at least 4 members (excludes halogenated alkanes) is 1. The fourth-order valence-electron chi connectivity index (χ4n) is 5.40. The van der Waals surface area contributed by atoms with Crippen LogP contribution in [0.25, 0.3) is 5.57 Å².